The van der Waals surface area contributed by atoms with Gasteiger partial charge < -0.3 is 10.0 Å². The summed E-state index contributed by atoms with van der Waals surface area (Å²) in [7, 11) is 0. The highest BCUT2D eigenvalue weighted by Crippen LogP contribution is 2.29. The van der Waals surface area contributed by atoms with Crippen LogP contribution in [0.1, 0.15) is 23.2 Å². The third-order valence-electron chi connectivity index (χ3n) is 3.77. The first-order valence-electron chi connectivity index (χ1n) is 6.85. The lowest BCUT2D eigenvalue weighted by atomic mass is 10.0. The number of halogens is 2. The van der Waals surface area contributed by atoms with Gasteiger partial charge in [0.25, 0.3) is 11.8 Å². The van der Waals surface area contributed by atoms with Crippen LogP contribution < -0.4 is 0 Å². The van der Waals surface area contributed by atoms with Crippen molar-refractivity contribution >= 4 is 16.7 Å². The third-order valence-corrected chi connectivity index (χ3v) is 3.77. The Labute approximate surface area is 120 Å². The minimum absolute atomic E-state index is 0.108. The molecule has 0 atom stereocenters. The van der Waals surface area contributed by atoms with Gasteiger partial charge >= 0.3 is 0 Å². The van der Waals surface area contributed by atoms with E-state index in [1.54, 1.807) is 30.3 Å². The molecule has 0 aliphatic carbocycles. The van der Waals surface area contributed by atoms with E-state index >= 15 is 0 Å². The maximum absolute atomic E-state index is 13.5. The highest BCUT2D eigenvalue weighted by Gasteiger charge is 2.37. The van der Waals surface area contributed by atoms with Crippen LogP contribution in [0.3, 0.4) is 0 Å². The number of piperidine rings is 1. The number of benzene rings is 2. The number of hydrogen-bond donors (Lipinski definition) is 1. The van der Waals surface area contributed by atoms with Crippen molar-refractivity contribution in [1.82, 2.24) is 4.90 Å². The summed E-state index contributed by atoms with van der Waals surface area (Å²) in [6.45, 7) is -0.177. The van der Waals surface area contributed by atoms with Gasteiger partial charge in [-0.25, -0.2) is 8.78 Å². The van der Waals surface area contributed by atoms with Gasteiger partial charge in [-0.05, 0) is 41.5 Å². The molecule has 0 unspecified atom stereocenters. The van der Waals surface area contributed by atoms with Crippen molar-refractivity contribution in [3.05, 3.63) is 42.0 Å². The summed E-state index contributed by atoms with van der Waals surface area (Å²) in [5.41, 5.74) is 0.394. The first-order chi connectivity index (χ1) is 9.96. The van der Waals surface area contributed by atoms with Crippen LogP contribution >= 0.6 is 0 Å². The fraction of sp³-hybridized carbons (Fsp3) is 0.312. The van der Waals surface area contributed by atoms with Gasteiger partial charge in [0.05, 0.1) is 6.54 Å². The first-order valence-corrected chi connectivity index (χ1v) is 6.85. The van der Waals surface area contributed by atoms with Crippen LogP contribution in [0.4, 0.5) is 8.78 Å². The molecular formula is C16H15F2NO2. The van der Waals surface area contributed by atoms with Crippen LogP contribution in [0.2, 0.25) is 0 Å². The highest BCUT2D eigenvalue weighted by molar-refractivity contribution is 6.07. The number of phenols is 1. The molecule has 3 nitrogen and oxygen atoms in total. The van der Waals surface area contributed by atoms with Crippen molar-refractivity contribution in [2.24, 2.45) is 0 Å². The van der Waals surface area contributed by atoms with E-state index in [9.17, 15) is 18.7 Å². The highest BCUT2D eigenvalue weighted by atomic mass is 19.3. The standard InChI is InChI=1S/C16H15F2NO2/c17-16(18)7-2-8-19(10-16)15(21)14-4-1-3-11-9-12(20)5-6-13(11)14/h1,3-6,9,20H,2,7-8,10H2. The van der Waals surface area contributed by atoms with Gasteiger partial charge in [0.2, 0.25) is 0 Å². The summed E-state index contributed by atoms with van der Waals surface area (Å²) in [5.74, 6) is -3.08. The van der Waals surface area contributed by atoms with Crippen LogP contribution in [-0.4, -0.2) is 34.9 Å². The average molecular weight is 291 g/mol. The Morgan fingerprint density at radius 3 is 2.81 bits per heavy atom. The lowest BCUT2D eigenvalue weighted by Crippen LogP contribution is -2.45. The van der Waals surface area contributed by atoms with Crippen molar-refractivity contribution < 1.29 is 18.7 Å². The second kappa shape index (κ2) is 4.98. The fourth-order valence-electron chi connectivity index (χ4n) is 2.77. The molecule has 0 radical (unpaired) electrons. The summed E-state index contributed by atoms with van der Waals surface area (Å²) in [6.07, 6.45) is 0.143. The number of alkyl halides is 2. The largest absolute Gasteiger partial charge is 0.508 e. The smallest absolute Gasteiger partial charge is 0.265 e. The molecule has 1 N–H and O–H groups in total. The first kappa shape index (κ1) is 13.8. The van der Waals surface area contributed by atoms with Crippen LogP contribution in [-0.2, 0) is 0 Å². The van der Waals surface area contributed by atoms with E-state index in [4.69, 9.17) is 0 Å². The van der Waals surface area contributed by atoms with E-state index < -0.39 is 12.5 Å². The van der Waals surface area contributed by atoms with E-state index in [0.717, 1.165) is 0 Å². The Morgan fingerprint density at radius 2 is 2.05 bits per heavy atom. The minimum Gasteiger partial charge on any atom is -0.508 e. The maximum Gasteiger partial charge on any atom is 0.265 e. The quantitative estimate of drug-likeness (QED) is 0.874. The predicted molar refractivity (Wildman–Crippen MR) is 75.7 cm³/mol. The molecule has 110 valence electrons. The normalized spacial score (nSPS) is 17.9. The molecule has 1 amide bonds. The molecule has 0 spiro atoms. The Hall–Kier alpha value is -2.17. The summed E-state index contributed by atoms with van der Waals surface area (Å²) < 4.78 is 26.9. The van der Waals surface area contributed by atoms with Gasteiger partial charge in [0.1, 0.15) is 5.75 Å². The van der Waals surface area contributed by atoms with E-state index in [0.29, 0.717) is 29.3 Å². The molecule has 0 aromatic heterocycles. The summed E-state index contributed by atoms with van der Waals surface area (Å²) in [5, 5.41) is 10.9. The number of likely N-dealkylation sites (tertiary alicyclic amines) is 1. The summed E-state index contributed by atoms with van der Waals surface area (Å²) in [6, 6.07) is 9.78. The molecule has 1 aliphatic heterocycles. The molecule has 1 fully saturated rings. The zero-order chi connectivity index (χ0) is 15.0. The van der Waals surface area contributed by atoms with E-state index in [2.05, 4.69) is 0 Å². The van der Waals surface area contributed by atoms with Crippen molar-refractivity contribution in [2.45, 2.75) is 18.8 Å². The Kier molecular flexibility index (Phi) is 3.27. The maximum atomic E-state index is 13.5. The predicted octanol–water partition coefficient (Wildman–Crippen LogP) is 3.42. The Bertz CT molecular complexity index is 700. The van der Waals surface area contributed by atoms with E-state index in [1.807, 2.05) is 0 Å². The number of phenolic OH excluding ortho intramolecular Hbond substituents is 1. The lowest BCUT2D eigenvalue weighted by molar-refractivity contribution is -0.0560. The second-order valence-corrected chi connectivity index (χ2v) is 5.40. The molecule has 0 bridgehead atoms. The number of fused-ring (bicyclic) bond motifs is 1. The number of rotatable bonds is 1. The average Bonchev–Trinajstić information content (AvgIpc) is 2.44. The van der Waals surface area contributed by atoms with E-state index in [1.165, 1.54) is 11.0 Å². The zero-order valence-corrected chi connectivity index (χ0v) is 11.4. The monoisotopic (exact) mass is 291 g/mol. The van der Waals surface area contributed by atoms with Gasteiger partial charge in [-0.15, -0.1) is 0 Å². The van der Waals surface area contributed by atoms with Crippen LogP contribution in [0.15, 0.2) is 36.4 Å². The second-order valence-electron chi connectivity index (χ2n) is 5.40. The molecule has 2 aromatic carbocycles. The van der Waals surface area contributed by atoms with Crippen molar-refractivity contribution in [1.29, 1.82) is 0 Å². The lowest BCUT2D eigenvalue weighted by Gasteiger charge is -2.32. The van der Waals surface area contributed by atoms with Crippen molar-refractivity contribution in [3.8, 4) is 5.75 Å². The van der Waals surface area contributed by atoms with Gasteiger partial charge in [0, 0.05) is 18.5 Å². The topological polar surface area (TPSA) is 40.5 Å². The number of carbonyl (C=O) groups is 1. The van der Waals surface area contributed by atoms with Crippen LogP contribution in [0, 0.1) is 0 Å². The van der Waals surface area contributed by atoms with Crippen molar-refractivity contribution in [2.75, 3.05) is 13.1 Å². The third kappa shape index (κ3) is 2.68. The van der Waals surface area contributed by atoms with Crippen LogP contribution in [0.25, 0.3) is 10.8 Å². The van der Waals surface area contributed by atoms with Gasteiger partial charge in [-0.2, -0.15) is 0 Å². The Morgan fingerprint density at radius 1 is 1.24 bits per heavy atom. The zero-order valence-electron chi connectivity index (χ0n) is 11.4. The molecule has 21 heavy (non-hydrogen) atoms. The van der Waals surface area contributed by atoms with Crippen molar-refractivity contribution in [3.63, 3.8) is 0 Å². The molecule has 1 aliphatic rings. The molecule has 2 aromatic rings. The van der Waals surface area contributed by atoms with Gasteiger partial charge in [0.15, 0.2) is 0 Å². The fourth-order valence-corrected chi connectivity index (χ4v) is 2.77. The molecule has 0 saturated carbocycles. The number of nitrogens with zero attached hydrogens (tertiary/aromatic N) is 1. The number of amides is 1. The van der Waals surface area contributed by atoms with E-state index in [-0.39, 0.29) is 18.1 Å². The minimum atomic E-state index is -2.81. The van der Waals surface area contributed by atoms with Crippen LogP contribution in [0.5, 0.6) is 5.75 Å². The summed E-state index contributed by atoms with van der Waals surface area (Å²) in [4.78, 5) is 13.7. The number of aromatic hydroxyl groups is 1. The number of carbonyl (C=O) groups excluding carboxylic acids is 1. The Balaban J connectivity index is 1.98. The van der Waals surface area contributed by atoms with Gasteiger partial charge in [-0.3, -0.25) is 4.79 Å². The molecule has 5 heteroatoms. The molecular weight excluding hydrogens is 276 g/mol. The molecule has 1 heterocycles. The SMILES string of the molecule is O=C(c1cccc2cc(O)ccc12)N1CCCC(F)(F)C1. The number of hydrogen-bond acceptors (Lipinski definition) is 2. The molecule has 3 rings (SSSR count). The molecule has 1 saturated heterocycles. The summed E-state index contributed by atoms with van der Waals surface area (Å²) >= 11 is 0. The van der Waals surface area contributed by atoms with Gasteiger partial charge in [-0.1, -0.05) is 12.1 Å².